The molecular formula is C19H17ClN4O2. The van der Waals surface area contributed by atoms with Gasteiger partial charge in [-0.15, -0.1) is 0 Å². The number of imidazole rings is 1. The number of amidine groups is 1. The second-order valence-electron chi connectivity index (χ2n) is 6.09. The van der Waals surface area contributed by atoms with E-state index in [0.29, 0.717) is 28.7 Å². The van der Waals surface area contributed by atoms with Crippen LogP contribution in [0.1, 0.15) is 11.4 Å². The average Bonchev–Trinajstić information content (AvgIpc) is 3.16. The first-order valence-electron chi connectivity index (χ1n) is 8.10. The van der Waals surface area contributed by atoms with Crippen LogP contribution in [0.25, 0.3) is 16.6 Å². The lowest BCUT2D eigenvalue weighted by molar-refractivity contribution is 0.347. The Balaban J connectivity index is 1.64. The molecule has 0 saturated heterocycles. The van der Waals surface area contributed by atoms with Gasteiger partial charge >= 0.3 is 0 Å². The van der Waals surface area contributed by atoms with Gasteiger partial charge in [0.15, 0.2) is 0 Å². The number of benzene rings is 2. The van der Waals surface area contributed by atoms with Crippen molar-refractivity contribution in [3.8, 4) is 5.75 Å². The van der Waals surface area contributed by atoms with Crippen molar-refractivity contribution in [1.82, 2.24) is 14.9 Å². The van der Waals surface area contributed by atoms with E-state index in [1.807, 2.05) is 42.5 Å². The Labute approximate surface area is 155 Å². The van der Waals surface area contributed by atoms with E-state index in [0.717, 1.165) is 16.6 Å². The maximum absolute atomic E-state index is 10.4. The van der Waals surface area contributed by atoms with Crippen LogP contribution in [0.4, 0.5) is 0 Å². The number of halogens is 1. The van der Waals surface area contributed by atoms with E-state index < -0.39 is 0 Å². The first-order chi connectivity index (χ1) is 12.6. The fraction of sp³-hybridized carbons (Fsp3) is 0.158. The Morgan fingerprint density at radius 1 is 1.31 bits per heavy atom. The van der Waals surface area contributed by atoms with Gasteiger partial charge in [-0.3, -0.25) is 5.41 Å². The first-order valence-corrected chi connectivity index (χ1v) is 8.48. The SMILES string of the molecule is COc1ccc2nc(C3=C(O)CN(Cc4ccccc4Cl)C3=N)[nH]c2c1. The molecule has 1 aromatic heterocycles. The molecule has 0 bridgehead atoms. The third-order valence-electron chi connectivity index (χ3n) is 4.43. The Morgan fingerprint density at radius 3 is 2.88 bits per heavy atom. The lowest BCUT2D eigenvalue weighted by atomic mass is 10.2. The second-order valence-corrected chi connectivity index (χ2v) is 6.49. The number of aromatic nitrogens is 2. The molecule has 3 N–H and O–H groups in total. The monoisotopic (exact) mass is 368 g/mol. The molecular weight excluding hydrogens is 352 g/mol. The highest BCUT2D eigenvalue weighted by molar-refractivity contribution is 6.31. The van der Waals surface area contributed by atoms with E-state index in [4.69, 9.17) is 21.7 Å². The molecule has 6 nitrogen and oxygen atoms in total. The number of nitrogens with zero attached hydrogens (tertiary/aromatic N) is 2. The number of aliphatic hydroxyl groups is 1. The Hall–Kier alpha value is -2.99. The van der Waals surface area contributed by atoms with E-state index >= 15 is 0 Å². The topological polar surface area (TPSA) is 85.2 Å². The van der Waals surface area contributed by atoms with Gasteiger partial charge in [0, 0.05) is 17.6 Å². The summed E-state index contributed by atoms with van der Waals surface area (Å²) in [4.78, 5) is 9.44. The van der Waals surface area contributed by atoms with Crippen LogP contribution in [0, 0.1) is 5.41 Å². The van der Waals surface area contributed by atoms with Crippen molar-refractivity contribution in [3.05, 3.63) is 64.6 Å². The van der Waals surface area contributed by atoms with Gasteiger partial charge < -0.3 is 19.7 Å². The molecule has 7 heteroatoms. The molecule has 0 atom stereocenters. The number of ether oxygens (including phenoxy) is 1. The van der Waals surface area contributed by atoms with Crippen LogP contribution in [0.2, 0.25) is 5.02 Å². The summed E-state index contributed by atoms with van der Waals surface area (Å²) in [6.45, 7) is 0.694. The number of methoxy groups -OCH3 is 1. The molecule has 0 radical (unpaired) electrons. The number of aliphatic hydroxyl groups excluding tert-OH is 1. The van der Waals surface area contributed by atoms with Crippen LogP contribution in [0.5, 0.6) is 5.75 Å². The molecule has 0 aliphatic carbocycles. The summed E-state index contributed by atoms with van der Waals surface area (Å²) in [5.41, 5.74) is 2.85. The van der Waals surface area contributed by atoms with Crippen LogP contribution in [-0.4, -0.2) is 39.5 Å². The summed E-state index contributed by atoms with van der Waals surface area (Å²) in [7, 11) is 1.60. The number of hydrogen-bond acceptors (Lipinski definition) is 4. The number of hydrogen-bond donors (Lipinski definition) is 3. The number of fused-ring (bicyclic) bond motifs is 1. The van der Waals surface area contributed by atoms with Gasteiger partial charge in [0.1, 0.15) is 23.2 Å². The van der Waals surface area contributed by atoms with Crippen LogP contribution in [-0.2, 0) is 6.54 Å². The van der Waals surface area contributed by atoms with Gasteiger partial charge in [0.25, 0.3) is 0 Å². The summed E-state index contributed by atoms with van der Waals surface area (Å²) < 4.78 is 5.22. The minimum absolute atomic E-state index is 0.119. The van der Waals surface area contributed by atoms with Crippen LogP contribution in [0.3, 0.4) is 0 Å². The van der Waals surface area contributed by atoms with E-state index in [1.54, 1.807) is 12.0 Å². The highest BCUT2D eigenvalue weighted by atomic mass is 35.5. The maximum atomic E-state index is 10.4. The molecule has 1 aliphatic rings. The minimum Gasteiger partial charge on any atom is -0.510 e. The van der Waals surface area contributed by atoms with Crippen molar-refractivity contribution in [1.29, 1.82) is 5.41 Å². The molecule has 4 rings (SSSR count). The fourth-order valence-corrected chi connectivity index (χ4v) is 3.28. The molecule has 0 amide bonds. The standard InChI is InChI=1S/C19H17ClN4O2/c1-26-12-6-7-14-15(8-12)23-19(22-14)17-16(25)10-24(18(17)21)9-11-4-2-3-5-13(11)20/h2-8,21,25H,9-10H2,1H3,(H,22,23). The molecule has 132 valence electrons. The summed E-state index contributed by atoms with van der Waals surface area (Å²) in [5.74, 6) is 1.52. The van der Waals surface area contributed by atoms with Gasteiger partial charge in [-0.25, -0.2) is 4.98 Å². The summed E-state index contributed by atoms with van der Waals surface area (Å²) in [6, 6.07) is 13.0. The van der Waals surface area contributed by atoms with Crippen molar-refractivity contribution >= 4 is 34.0 Å². The zero-order valence-corrected chi connectivity index (χ0v) is 14.8. The van der Waals surface area contributed by atoms with E-state index in [2.05, 4.69) is 9.97 Å². The van der Waals surface area contributed by atoms with Crippen molar-refractivity contribution in [2.45, 2.75) is 6.54 Å². The molecule has 0 spiro atoms. The Kier molecular flexibility index (Phi) is 4.05. The molecule has 0 saturated carbocycles. The van der Waals surface area contributed by atoms with Crippen molar-refractivity contribution < 1.29 is 9.84 Å². The van der Waals surface area contributed by atoms with Gasteiger partial charge in [0.2, 0.25) is 0 Å². The second kappa shape index (κ2) is 6.38. The number of H-pyrrole nitrogens is 1. The smallest absolute Gasteiger partial charge is 0.145 e. The van der Waals surface area contributed by atoms with Gasteiger partial charge in [-0.2, -0.15) is 0 Å². The minimum atomic E-state index is 0.119. The molecule has 0 unspecified atom stereocenters. The normalized spacial score (nSPS) is 14.5. The molecule has 0 fully saturated rings. The quantitative estimate of drug-likeness (QED) is 0.650. The van der Waals surface area contributed by atoms with Crippen molar-refractivity contribution in [2.75, 3.05) is 13.7 Å². The summed E-state index contributed by atoms with van der Waals surface area (Å²) in [6.07, 6.45) is 0. The zero-order chi connectivity index (χ0) is 18.3. The number of nitrogens with one attached hydrogen (secondary N) is 2. The predicted octanol–water partition coefficient (Wildman–Crippen LogP) is 3.99. The third-order valence-corrected chi connectivity index (χ3v) is 4.80. The van der Waals surface area contributed by atoms with Gasteiger partial charge in [0.05, 0.1) is 30.3 Å². The molecule has 1 aliphatic heterocycles. The van der Waals surface area contributed by atoms with Gasteiger partial charge in [-0.05, 0) is 23.8 Å². The lowest BCUT2D eigenvalue weighted by Gasteiger charge is -2.19. The predicted molar refractivity (Wildman–Crippen MR) is 102 cm³/mol. The van der Waals surface area contributed by atoms with E-state index in [9.17, 15) is 5.11 Å². The summed E-state index contributed by atoms with van der Waals surface area (Å²) >= 11 is 6.22. The average molecular weight is 369 g/mol. The zero-order valence-electron chi connectivity index (χ0n) is 14.1. The Morgan fingerprint density at radius 2 is 2.12 bits per heavy atom. The van der Waals surface area contributed by atoms with Crippen molar-refractivity contribution in [2.24, 2.45) is 0 Å². The molecule has 3 aromatic rings. The van der Waals surface area contributed by atoms with Crippen molar-refractivity contribution in [3.63, 3.8) is 0 Å². The van der Waals surface area contributed by atoms with Crippen LogP contribution >= 0.6 is 11.6 Å². The lowest BCUT2D eigenvalue weighted by Crippen LogP contribution is -2.26. The van der Waals surface area contributed by atoms with Crippen LogP contribution < -0.4 is 4.74 Å². The highest BCUT2D eigenvalue weighted by Crippen LogP contribution is 2.30. The van der Waals surface area contributed by atoms with Crippen LogP contribution in [0.15, 0.2) is 48.2 Å². The van der Waals surface area contributed by atoms with E-state index in [1.165, 1.54) is 0 Å². The highest BCUT2D eigenvalue weighted by Gasteiger charge is 2.30. The third kappa shape index (κ3) is 2.78. The fourth-order valence-electron chi connectivity index (χ4n) is 3.08. The van der Waals surface area contributed by atoms with E-state index in [-0.39, 0.29) is 18.1 Å². The largest absolute Gasteiger partial charge is 0.510 e. The van der Waals surface area contributed by atoms with Gasteiger partial charge in [-0.1, -0.05) is 29.8 Å². The summed E-state index contributed by atoms with van der Waals surface area (Å²) in [5, 5.41) is 19.6. The molecule has 2 aromatic carbocycles. The maximum Gasteiger partial charge on any atom is 0.145 e. The Bertz CT molecular complexity index is 1040. The number of rotatable bonds is 4. The first kappa shape index (κ1) is 16.5. The number of aromatic amines is 1. The molecule has 2 heterocycles. The molecule has 26 heavy (non-hydrogen) atoms.